The molecule has 2 aliphatic heterocycles. The first kappa shape index (κ1) is 11.7. The van der Waals surface area contributed by atoms with E-state index in [1.165, 1.54) is 45.1 Å². The molecule has 2 atom stereocenters. The zero-order chi connectivity index (χ0) is 11.7. The Morgan fingerprint density at radius 1 is 1.29 bits per heavy atom. The Kier molecular flexibility index (Phi) is 3.53. The van der Waals surface area contributed by atoms with Gasteiger partial charge >= 0.3 is 0 Å². The van der Waals surface area contributed by atoms with Gasteiger partial charge in [-0.2, -0.15) is 0 Å². The summed E-state index contributed by atoms with van der Waals surface area (Å²) in [6.07, 6.45) is 8.47. The molecular weight excluding hydrogens is 226 g/mol. The molecule has 94 valence electrons. The van der Waals surface area contributed by atoms with E-state index in [9.17, 15) is 0 Å². The fraction of sp³-hybridized carbons (Fsp3) is 0.733. The Labute approximate surface area is 109 Å². The zero-order valence-corrected chi connectivity index (χ0v) is 11.6. The van der Waals surface area contributed by atoms with Crippen molar-refractivity contribution < 1.29 is 0 Å². The SMILES string of the molecule is CC1CC2CCC(C1)N2CCCc1cccs1. The van der Waals surface area contributed by atoms with Gasteiger partial charge in [-0.05, 0) is 62.4 Å². The van der Waals surface area contributed by atoms with Gasteiger partial charge in [-0.1, -0.05) is 13.0 Å². The van der Waals surface area contributed by atoms with Crippen LogP contribution in [0.25, 0.3) is 0 Å². The van der Waals surface area contributed by atoms with E-state index in [4.69, 9.17) is 0 Å². The van der Waals surface area contributed by atoms with Crippen molar-refractivity contribution in [1.29, 1.82) is 0 Å². The van der Waals surface area contributed by atoms with E-state index in [2.05, 4.69) is 29.3 Å². The van der Waals surface area contributed by atoms with Crippen LogP contribution in [-0.4, -0.2) is 23.5 Å². The lowest BCUT2D eigenvalue weighted by atomic mass is 9.92. The quantitative estimate of drug-likeness (QED) is 0.781. The Hall–Kier alpha value is -0.340. The van der Waals surface area contributed by atoms with Crippen molar-refractivity contribution in [2.75, 3.05) is 6.54 Å². The average Bonchev–Trinajstić information content (AvgIpc) is 2.88. The lowest BCUT2D eigenvalue weighted by Gasteiger charge is -2.37. The minimum Gasteiger partial charge on any atom is -0.297 e. The molecule has 2 bridgehead atoms. The molecule has 1 nitrogen and oxygen atoms in total. The summed E-state index contributed by atoms with van der Waals surface area (Å²) in [6, 6.07) is 6.29. The second-order valence-corrected chi connectivity index (χ2v) is 6.91. The molecule has 1 aromatic rings. The highest BCUT2D eigenvalue weighted by atomic mass is 32.1. The van der Waals surface area contributed by atoms with Crippen LogP contribution in [0.4, 0.5) is 0 Å². The van der Waals surface area contributed by atoms with Gasteiger partial charge < -0.3 is 0 Å². The predicted molar refractivity (Wildman–Crippen MR) is 74.6 cm³/mol. The Morgan fingerprint density at radius 2 is 2.06 bits per heavy atom. The minimum atomic E-state index is 0.923. The van der Waals surface area contributed by atoms with Crippen LogP contribution in [-0.2, 0) is 6.42 Å². The molecule has 0 aliphatic carbocycles. The first-order chi connectivity index (χ1) is 8.33. The van der Waals surface area contributed by atoms with Gasteiger partial charge in [-0.3, -0.25) is 4.90 Å². The molecular formula is C15H23NS. The van der Waals surface area contributed by atoms with Gasteiger partial charge in [-0.25, -0.2) is 0 Å². The minimum absolute atomic E-state index is 0.923. The van der Waals surface area contributed by atoms with Crippen LogP contribution >= 0.6 is 11.3 Å². The lowest BCUT2D eigenvalue weighted by molar-refractivity contribution is 0.109. The summed E-state index contributed by atoms with van der Waals surface area (Å²) < 4.78 is 0. The van der Waals surface area contributed by atoms with E-state index in [1.807, 2.05) is 11.3 Å². The number of thiophene rings is 1. The van der Waals surface area contributed by atoms with Crippen LogP contribution < -0.4 is 0 Å². The summed E-state index contributed by atoms with van der Waals surface area (Å²) in [5.41, 5.74) is 0. The molecule has 2 fully saturated rings. The van der Waals surface area contributed by atoms with Crippen LogP contribution in [0.15, 0.2) is 17.5 Å². The maximum atomic E-state index is 2.83. The van der Waals surface area contributed by atoms with Crippen molar-refractivity contribution in [3.05, 3.63) is 22.4 Å². The number of nitrogens with zero attached hydrogens (tertiary/aromatic N) is 1. The normalized spacial score (nSPS) is 33.1. The maximum absolute atomic E-state index is 2.83. The topological polar surface area (TPSA) is 3.24 Å². The van der Waals surface area contributed by atoms with Crippen molar-refractivity contribution in [1.82, 2.24) is 4.90 Å². The zero-order valence-electron chi connectivity index (χ0n) is 10.8. The summed E-state index contributed by atoms with van der Waals surface area (Å²) in [7, 11) is 0. The highest BCUT2D eigenvalue weighted by Crippen LogP contribution is 2.38. The molecule has 17 heavy (non-hydrogen) atoms. The Bertz CT molecular complexity index is 332. The van der Waals surface area contributed by atoms with E-state index >= 15 is 0 Å². The third kappa shape index (κ3) is 2.58. The number of hydrogen-bond acceptors (Lipinski definition) is 2. The molecule has 0 radical (unpaired) electrons. The van der Waals surface area contributed by atoms with Crippen LogP contribution in [0.5, 0.6) is 0 Å². The van der Waals surface area contributed by atoms with E-state index < -0.39 is 0 Å². The monoisotopic (exact) mass is 249 g/mol. The van der Waals surface area contributed by atoms with E-state index in [-0.39, 0.29) is 0 Å². The lowest BCUT2D eigenvalue weighted by Crippen LogP contribution is -2.42. The molecule has 0 aromatic carbocycles. The summed E-state index contributed by atoms with van der Waals surface area (Å²) >= 11 is 1.91. The smallest absolute Gasteiger partial charge is 0.0101 e. The standard InChI is InChI=1S/C15H23NS/c1-12-10-13-6-7-14(11-12)16(13)8-2-4-15-5-3-9-17-15/h3,5,9,12-14H,2,4,6-8,10-11H2,1H3. The van der Waals surface area contributed by atoms with Gasteiger partial charge in [0.15, 0.2) is 0 Å². The molecule has 1 aromatic heterocycles. The summed E-state index contributed by atoms with van der Waals surface area (Å²) in [5.74, 6) is 0.973. The van der Waals surface area contributed by atoms with Crippen molar-refractivity contribution in [3.8, 4) is 0 Å². The van der Waals surface area contributed by atoms with Crippen LogP contribution in [0, 0.1) is 5.92 Å². The fourth-order valence-electron chi connectivity index (χ4n) is 3.80. The van der Waals surface area contributed by atoms with Crippen molar-refractivity contribution >= 4 is 11.3 Å². The molecule has 2 saturated heterocycles. The molecule has 0 saturated carbocycles. The molecule has 2 unspecified atom stereocenters. The number of hydrogen-bond donors (Lipinski definition) is 0. The number of fused-ring (bicyclic) bond motifs is 2. The summed E-state index contributed by atoms with van der Waals surface area (Å²) in [4.78, 5) is 4.39. The van der Waals surface area contributed by atoms with Gasteiger partial charge in [0.05, 0.1) is 0 Å². The summed E-state index contributed by atoms with van der Waals surface area (Å²) in [5, 5.41) is 2.20. The highest BCUT2D eigenvalue weighted by Gasteiger charge is 2.38. The second-order valence-electron chi connectivity index (χ2n) is 5.88. The van der Waals surface area contributed by atoms with Crippen LogP contribution in [0.1, 0.15) is 43.9 Å². The first-order valence-corrected chi connectivity index (χ1v) is 7.99. The number of aryl methyl sites for hydroxylation is 1. The van der Waals surface area contributed by atoms with Crippen molar-refractivity contribution in [3.63, 3.8) is 0 Å². The van der Waals surface area contributed by atoms with E-state index in [0.717, 1.165) is 18.0 Å². The summed E-state index contributed by atoms with van der Waals surface area (Å²) in [6.45, 7) is 3.77. The molecule has 2 aliphatic rings. The molecule has 2 heteroatoms. The van der Waals surface area contributed by atoms with Gasteiger partial charge in [0, 0.05) is 17.0 Å². The fourth-order valence-corrected chi connectivity index (χ4v) is 4.55. The van der Waals surface area contributed by atoms with E-state index in [0.29, 0.717) is 0 Å². The third-order valence-corrected chi connectivity index (χ3v) is 5.48. The van der Waals surface area contributed by atoms with Gasteiger partial charge in [0.25, 0.3) is 0 Å². The van der Waals surface area contributed by atoms with Crippen molar-refractivity contribution in [2.45, 2.75) is 57.5 Å². The molecule has 0 amide bonds. The first-order valence-electron chi connectivity index (χ1n) is 7.11. The second kappa shape index (κ2) is 5.11. The molecule has 3 heterocycles. The largest absolute Gasteiger partial charge is 0.297 e. The van der Waals surface area contributed by atoms with Crippen LogP contribution in [0.3, 0.4) is 0 Å². The maximum Gasteiger partial charge on any atom is 0.0101 e. The van der Waals surface area contributed by atoms with Crippen molar-refractivity contribution in [2.24, 2.45) is 5.92 Å². The Balaban J connectivity index is 1.49. The van der Waals surface area contributed by atoms with E-state index in [1.54, 1.807) is 4.88 Å². The third-order valence-electron chi connectivity index (χ3n) is 4.54. The van der Waals surface area contributed by atoms with Gasteiger partial charge in [0.1, 0.15) is 0 Å². The number of piperidine rings is 1. The van der Waals surface area contributed by atoms with Gasteiger partial charge in [-0.15, -0.1) is 11.3 Å². The van der Waals surface area contributed by atoms with Gasteiger partial charge in [0.2, 0.25) is 0 Å². The molecule has 3 rings (SSSR count). The predicted octanol–water partition coefficient (Wildman–Crippen LogP) is 3.94. The highest BCUT2D eigenvalue weighted by molar-refractivity contribution is 7.09. The van der Waals surface area contributed by atoms with Crippen LogP contribution in [0.2, 0.25) is 0 Å². The Morgan fingerprint density at radius 3 is 2.71 bits per heavy atom. The number of rotatable bonds is 4. The molecule has 0 spiro atoms. The molecule has 0 N–H and O–H groups in total. The average molecular weight is 249 g/mol.